The summed E-state index contributed by atoms with van der Waals surface area (Å²) in [6, 6.07) is 1.88. The fourth-order valence-corrected chi connectivity index (χ4v) is 2.66. The van der Waals surface area contributed by atoms with Gasteiger partial charge in [-0.15, -0.1) is 0 Å². The van der Waals surface area contributed by atoms with Crippen LogP contribution in [0.5, 0.6) is 0 Å². The van der Waals surface area contributed by atoms with E-state index in [0.29, 0.717) is 11.8 Å². The Labute approximate surface area is 118 Å². The quantitative estimate of drug-likeness (QED) is 0.840. The molecule has 2 N–H and O–H groups in total. The van der Waals surface area contributed by atoms with Gasteiger partial charge in [-0.1, -0.05) is 6.92 Å². The molecule has 0 radical (unpaired) electrons. The predicted molar refractivity (Wildman–Crippen MR) is 78.3 cm³/mol. The Morgan fingerprint density at radius 2 is 2.32 bits per heavy atom. The summed E-state index contributed by atoms with van der Waals surface area (Å²) < 4.78 is 1.83. The van der Waals surface area contributed by atoms with Gasteiger partial charge in [-0.05, 0) is 38.3 Å². The maximum Gasteiger partial charge on any atom is 0.248 e. The summed E-state index contributed by atoms with van der Waals surface area (Å²) >= 11 is 1.76. The van der Waals surface area contributed by atoms with Crippen molar-refractivity contribution in [3.63, 3.8) is 0 Å². The highest BCUT2D eigenvalue weighted by Crippen LogP contribution is 2.27. The number of nitrogens with one attached hydrogen (secondary N) is 2. The molecule has 1 aliphatic heterocycles. The number of nitrogens with zero attached hydrogens (tertiary/aromatic N) is 2. The van der Waals surface area contributed by atoms with E-state index in [0.717, 1.165) is 25.9 Å². The van der Waals surface area contributed by atoms with Gasteiger partial charge in [0.15, 0.2) is 0 Å². The van der Waals surface area contributed by atoms with Gasteiger partial charge in [0, 0.05) is 24.2 Å². The van der Waals surface area contributed by atoms with E-state index < -0.39 is 5.54 Å². The molecule has 1 saturated heterocycles. The standard InChI is InChI=1S/C13H22N4OS/c1-11(19-2)10-15-12(18)13(4-7-14-8-5-13)17-9-3-6-16-17/h3,6,9,11,14H,4-5,7-8,10H2,1-2H3,(H,15,18). The zero-order chi connectivity index (χ0) is 13.7. The average Bonchev–Trinajstić information content (AvgIpc) is 2.99. The van der Waals surface area contributed by atoms with Crippen LogP contribution in [0.2, 0.25) is 0 Å². The van der Waals surface area contributed by atoms with Crippen LogP contribution in [0, 0.1) is 0 Å². The average molecular weight is 282 g/mol. The molecule has 0 spiro atoms. The van der Waals surface area contributed by atoms with E-state index >= 15 is 0 Å². The summed E-state index contributed by atoms with van der Waals surface area (Å²) in [6.07, 6.45) is 7.26. The second-order valence-corrected chi connectivity index (χ2v) is 6.26. The monoisotopic (exact) mass is 282 g/mol. The lowest BCUT2D eigenvalue weighted by atomic mass is 9.87. The second-order valence-electron chi connectivity index (χ2n) is 4.99. The van der Waals surface area contributed by atoms with Crippen molar-refractivity contribution in [2.24, 2.45) is 0 Å². The van der Waals surface area contributed by atoms with Crippen LogP contribution < -0.4 is 10.6 Å². The normalized spacial score (nSPS) is 19.9. The molecule has 1 aromatic rings. The summed E-state index contributed by atoms with van der Waals surface area (Å²) in [7, 11) is 0. The van der Waals surface area contributed by atoms with Gasteiger partial charge in [0.1, 0.15) is 5.54 Å². The summed E-state index contributed by atoms with van der Waals surface area (Å²) in [5.74, 6) is 0.0959. The van der Waals surface area contributed by atoms with Crippen molar-refractivity contribution in [2.75, 3.05) is 25.9 Å². The van der Waals surface area contributed by atoms with E-state index in [4.69, 9.17) is 0 Å². The fraction of sp³-hybridized carbons (Fsp3) is 0.692. The highest BCUT2D eigenvalue weighted by molar-refractivity contribution is 7.99. The molecule has 0 aromatic carbocycles. The Balaban J connectivity index is 2.11. The molecular weight excluding hydrogens is 260 g/mol. The van der Waals surface area contributed by atoms with E-state index in [1.165, 1.54) is 0 Å². The van der Waals surface area contributed by atoms with E-state index in [1.807, 2.05) is 16.9 Å². The molecule has 5 nitrogen and oxygen atoms in total. The first-order valence-electron chi connectivity index (χ1n) is 6.71. The number of hydrogen-bond acceptors (Lipinski definition) is 4. The van der Waals surface area contributed by atoms with Crippen molar-refractivity contribution in [3.8, 4) is 0 Å². The second kappa shape index (κ2) is 6.43. The molecule has 1 amide bonds. The van der Waals surface area contributed by atoms with Crippen LogP contribution in [0.15, 0.2) is 18.5 Å². The molecule has 2 rings (SSSR count). The lowest BCUT2D eigenvalue weighted by Crippen LogP contribution is -2.55. The number of amides is 1. The fourth-order valence-electron chi connectivity index (χ4n) is 2.41. The molecular formula is C13H22N4OS. The van der Waals surface area contributed by atoms with Crippen LogP contribution in [-0.2, 0) is 10.3 Å². The minimum Gasteiger partial charge on any atom is -0.353 e. The summed E-state index contributed by atoms with van der Waals surface area (Å²) in [5, 5.41) is 11.1. The van der Waals surface area contributed by atoms with Crippen LogP contribution in [0.4, 0.5) is 0 Å². The van der Waals surface area contributed by atoms with E-state index in [9.17, 15) is 4.79 Å². The third kappa shape index (κ3) is 3.12. The first-order valence-corrected chi connectivity index (χ1v) is 8.00. The van der Waals surface area contributed by atoms with Crippen molar-refractivity contribution >= 4 is 17.7 Å². The maximum atomic E-state index is 12.6. The highest BCUT2D eigenvalue weighted by atomic mass is 32.2. The summed E-state index contributed by atoms with van der Waals surface area (Å²) in [6.45, 7) is 4.53. The molecule has 0 saturated carbocycles. The highest BCUT2D eigenvalue weighted by Gasteiger charge is 2.41. The number of aromatic nitrogens is 2. The SMILES string of the molecule is CSC(C)CNC(=O)C1(n2cccn2)CCNCC1. The first-order chi connectivity index (χ1) is 9.19. The minimum atomic E-state index is -0.521. The van der Waals surface area contributed by atoms with E-state index in [2.05, 4.69) is 28.9 Å². The van der Waals surface area contributed by atoms with Gasteiger partial charge in [-0.3, -0.25) is 9.48 Å². The van der Waals surface area contributed by atoms with Gasteiger partial charge in [0.25, 0.3) is 0 Å². The molecule has 1 unspecified atom stereocenters. The van der Waals surface area contributed by atoms with Crippen molar-refractivity contribution < 1.29 is 4.79 Å². The predicted octanol–water partition coefficient (Wildman–Crippen LogP) is 0.829. The van der Waals surface area contributed by atoms with Crippen LogP contribution in [0.3, 0.4) is 0 Å². The van der Waals surface area contributed by atoms with Crippen LogP contribution >= 0.6 is 11.8 Å². The van der Waals surface area contributed by atoms with E-state index in [1.54, 1.807) is 18.0 Å². The molecule has 6 heteroatoms. The third-order valence-electron chi connectivity index (χ3n) is 3.75. The van der Waals surface area contributed by atoms with Crippen molar-refractivity contribution in [1.82, 2.24) is 20.4 Å². The Kier molecular flexibility index (Phi) is 4.87. The van der Waals surface area contributed by atoms with Crippen LogP contribution in [0.25, 0.3) is 0 Å². The zero-order valence-corrected chi connectivity index (χ0v) is 12.4. The lowest BCUT2D eigenvalue weighted by molar-refractivity contribution is -0.131. The Morgan fingerprint density at radius 1 is 1.58 bits per heavy atom. The van der Waals surface area contributed by atoms with Crippen LogP contribution in [0.1, 0.15) is 19.8 Å². The van der Waals surface area contributed by atoms with E-state index in [-0.39, 0.29) is 5.91 Å². The number of piperidine rings is 1. The largest absolute Gasteiger partial charge is 0.353 e. The van der Waals surface area contributed by atoms with Crippen LogP contribution in [-0.4, -0.2) is 46.8 Å². The van der Waals surface area contributed by atoms with Gasteiger partial charge in [-0.25, -0.2) is 0 Å². The summed E-state index contributed by atoms with van der Waals surface area (Å²) in [5.41, 5.74) is -0.521. The van der Waals surface area contributed by atoms with Crippen molar-refractivity contribution in [2.45, 2.75) is 30.6 Å². The van der Waals surface area contributed by atoms with Gasteiger partial charge in [-0.2, -0.15) is 16.9 Å². The first kappa shape index (κ1) is 14.4. The maximum absolute atomic E-state index is 12.6. The topological polar surface area (TPSA) is 59.0 Å². The molecule has 0 aliphatic carbocycles. The van der Waals surface area contributed by atoms with Gasteiger partial charge >= 0.3 is 0 Å². The smallest absolute Gasteiger partial charge is 0.248 e. The molecule has 1 aliphatic rings. The number of carbonyl (C=O) groups is 1. The summed E-state index contributed by atoms with van der Waals surface area (Å²) in [4.78, 5) is 12.6. The molecule has 106 valence electrons. The molecule has 1 fully saturated rings. The molecule has 0 bridgehead atoms. The number of hydrogen-bond donors (Lipinski definition) is 2. The van der Waals surface area contributed by atoms with Gasteiger partial charge in [0.2, 0.25) is 5.91 Å². The third-order valence-corrected chi connectivity index (χ3v) is 4.72. The molecule has 1 atom stereocenters. The zero-order valence-electron chi connectivity index (χ0n) is 11.6. The number of rotatable bonds is 5. The van der Waals surface area contributed by atoms with Crippen molar-refractivity contribution in [3.05, 3.63) is 18.5 Å². The molecule has 19 heavy (non-hydrogen) atoms. The van der Waals surface area contributed by atoms with Gasteiger partial charge in [0.05, 0.1) is 0 Å². The number of thioether (sulfide) groups is 1. The Bertz CT molecular complexity index is 401. The minimum absolute atomic E-state index is 0.0959. The number of carbonyl (C=O) groups excluding carboxylic acids is 1. The molecule has 2 heterocycles. The van der Waals surface area contributed by atoms with Gasteiger partial charge < -0.3 is 10.6 Å². The molecule has 1 aromatic heterocycles. The lowest BCUT2D eigenvalue weighted by Gasteiger charge is -2.36. The Hall–Kier alpha value is -1.01. The Morgan fingerprint density at radius 3 is 2.89 bits per heavy atom. The van der Waals surface area contributed by atoms with Crippen molar-refractivity contribution in [1.29, 1.82) is 0 Å².